The minimum absolute atomic E-state index is 0.447. The van der Waals surface area contributed by atoms with E-state index >= 15 is 0 Å². The van der Waals surface area contributed by atoms with Gasteiger partial charge in [0.05, 0.1) is 11.2 Å². The summed E-state index contributed by atoms with van der Waals surface area (Å²) in [6, 6.07) is 10.6. The molecular weight excluding hydrogens is 222 g/mol. The van der Waals surface area contributed by atoms with Gasteiger partial charge in [-0.1, -0.05) is 32.0 Å². The van der Waals surface area contributed by atoms with E-state index in [1.54, 1.807) is 0 Å². The van der Waals surface area contributed by atoms with Gasteiger partial charge in [-0.05, 0) is 24.0 Å². The van der Waals surface area contributed by atoms with E-state index in [9.17, 15) is 0 Å². The van der Waals surface area contributed by atoms with Crippen LogP contribution >= 0.6 is 0 Å². The van der Waals surface area contributed by atoms with Gasteiger partial charge in [-0.3, -0.25) is 4.98 Å². The Morgan fingerprint density at radius 2 is 2.11 bits per heavy atom. The molecule has 1 heterocycles. The fourth-order valence-corrected chi connectivity index (χ4v) is 2.39. The highest BCUT2D eigenvalue weighted by Crippen LogP contribution is 2.44. The third-order valence-corrected chi connectivity index (χ3v) is 3.84. The van der Waals surface area contributed by atoms with Crippen molar-refractivity contribution in [3.8, 4) is 0 Å². The summed E-state index contributed by atoms with van der Waals surface area (Å²) < 4.78 is 0. The first-order valence-corrected chi connectivity index (χ1v) is 6.44. The summed E-state index contributed by atoms with van der Waals surface area (Å²) in [5.41, 5.74) is 9.32. The minimum atomic E-state index is 0.447. The largest absolute Gasteiger partial charge is 0.398 e. The van der Waals surface area contributed by atoms with E-state index in [-0.39, 0.29) is 0 Å². The lowest BCUT2D eigenvalue weighted by molar-refractivity contribution is 0.539. The van der Waals surface area contributed by atoms with Gasteiger partial charge >= 0.3 is 0 Å². The van der Waals surface area contributed by atoms with Crippen LogP contribution in [0, 0.1) is 5.41 Å². The molecule has 1 saturated carbocycles. The van der Waals surface area contributed by atoms with Gasteiger partial charge in [0.15, 0.2) is 0 Å². The number of nitrogen functional groups attached to an aromatic ring is 1. The van der Waals surface area contributed by atoms with Crippen molar-refractivity contribution in [3.63, 3.8) is 0 Å². The maximum absolute atomic E-state index is 6.06. The smallest absolute Gasteiger partial charge is 0.0726 e. The highest BCUT2D eigenvalue weighted by atomic mass is 15.0. The first kappa shape index (κ1) is 11.5. The summed E-state index contributed by atoms with van der Waals surface area (Å²) in [5.74, 6) is 0. The van der Waals surface area contributed by atoms with Crippen LogP contribution < -0.4 is 11.1 Å². The molecule has 0 saturated heterocycles. The number of aromatic nitrogens is 1. The van der Waals surface area contributed by atoms with Crippen molar-refractivity contribution in [3.05, 3.63) is 36.0 Å². The van der Waals surface area contributed by atoms with Gasteiger partial charge in [-0.25, -0.2) is 0 Å². The maximum Gasteiger partial charge on any atom is 0.0726 e. The molecule has 1 aromatic carbocycles. The number of benzene rings is 1. The van der Waals surface area contributed by atoms with Crippen molar-refractivity contribution >= 4 is 16.6 Å². The maximum atomic E-state index is 6.06. The molecule has 0 radical (unpaired) electrons. The Hall–Kier alpha value is -1.61. The molecule has 1 unspecified atom stereocenters. The lowest BCUT2D eigenvalue weighted by atomic mass is 10.1. The summed E-state index contributed by atoms with van der Waals surface area (Å²) in [6.07, 6.45) is 1.25. The zero-order valence-corrected chi connectivity index (χ0v) is 10.9. The minimum Gasteiger partial charge on any atom is -0.398 e. The monoisotopic (exact) mass is 241 g/mol. The van der Waals surface area contributed by atoms with Gasteiger partial charge in [-0.2, -0.15) is 0 Å². The molecule has 94 valence electrons. The molecule has 1 aliphatic rings. The van der Waals surface area contributed by atoms with Crippen LogP contribution in [0.2, 0.25) is 0 Å². The highest BCUT2D eigenvalue weighted by Gasteiger charge is 2.45. The zero-order valence-electron chi connectivity index (χ0n) is 10.9. The van der Waals surface area contributed by atoms with Gasteiger partial charge in [0.2, 0.25) is 0 Å². The third-order valence-electron chi connectivity index (χ3n) is 3.84. The molecule has 0 aliphatic heterocycles. The summed E-state index contributed by atoms with van der Waals surface area (Å²) in [7, 11) is 0. The lowest BCUT2D eigenvalue weighted by Crippen LogP contribution is -2.20. The molecule has 0 spiro atoms. The second-order valence-electron chi connectivity index (χ2n) is 5.85. The van der Waals surface area contributed by atoms with Crippen molar-refractivity contribution in [1.82, 2.24) is 10.3 Å². The van der Waals surface area contributed by atoms with Crippen LogP contribution in [0.15, 0.2) is 30.3 Å². The quantitative estimate of drug-likeness (QED) is 0.868. The molecule has 0 amide bonds. The van der Waals surface area contributed by atoms with Crippen molar-refractivity contribution in [1.29, 1.82) is 0 Å². The first-order chi connectivity index (χ1) is 8.56. The number of nitrogens with two attached hydrogens (primary N) is 1. The number of anilines is 1. The Balaban J connectivity index is 1.80. The molecule has 1 aliphatic carbocycles. The molecule has 1 fully saturated rings. The van der Waals surface area contributed by atoms with Gasteiger partial charge in [0, 0.05) is 23.7 Å². The number of hydrogen-bond donors (Lipinski definition) is 2. The average Bonchev–Trinajstić information content (AvgIpc) is 2.95. The molecule has 3 rings (SSSR count). The topological polar surface area (TPSA) is 50.9 Å². The van der Waals surface area contributed by atoms with Crippen LogP contribution in [-0.4, -0.2) is 11.0 Å². The van der Waals surface area contributed by atoms with Gasteiger partial charge in [0.25, 0.3) is 0 Å². The van der Waals surface area contributed by atoms with E-state index in [2.05, 4.69) is 24.1 Å². The van der Waals surface area contributed by atoms with Crippen molar-refractivity contribution in [2.24, 2.45) is 5.41 Å². The molecule has 2 aromatic rings. The number of fused-ring (bicyclic) bond motifs is 1. The second-order valence-corrected chi connectivity index (χ2v) is 5.85. The van der Waals surface area contributed by atoms with E-state index in [0.717, 1.165) is 28.8 Å². The molecule has 3 heteroatoms. The molecule has 1 aromatic heterocycles. The summed E-state index contributed by atoms with van der Waals surface area (Å²) >= 11 is 0. The predicted octanol–water partition coefficient (Wildman–Crippen LogP) is 2.71. The Bertz CT molecular complexity index is 589. The Morgan fingerprint density at radius 3 is 2.83 bits per heavy atom. The van der Waals surface area contributed by atoms with Crippen LogP contribution in [0.3, 0.4) is 0 Å². The predicted molar refractivity (Wildman–Crippen MR) is 75.2 cm³/mol. The second kappa shape index (κ2) is 3.95. The first-order valence-electron chi connectivity index (χ1n) is 6.44. The Kier molecular flexibility index (Phi) is 2.52. The molecule has 3 nitrogen and oxygen atoms in total. The van der Waals surface area contributed by atoms with Crippen LogP contribution in [0.1, 0.15) is 26.0 Å². The Morgan fingerprint density at radius 1 is 1.39 bits per heavy atom. The number of nitrogens with one attached hydrogen (secondary N) is 1. The standard InChI is InChI=1S/C15H19N3/c1-15(2)8-14(15)17-9-10-7-12(16)11-5-3-4-6-13(11)18-10/h3-7,14,17H,8-9H2,1-2H3,(H2,16,18). The van der Waals surface area contributed by atoms with Gasteiger partial charge < -0.3 is 11.1 Å². The highest BCUT2D eigenvalue weighted by molar-refractivity contribution is 5.90. The van der Waals surface area contributed by atoms with E-state index in [0.29, 0.717) is 11.5 Å². The summed E-state index contributed by atoms with van der Waals surface area (Å²) in [4.78, 5) is 4.64. The van der Waals surface area contributed by atoms with Gasteiger partial charge in [-0.15, -0.1) is 0 Å². The normalized spacial score (nSPS) is 21.1. The summed E-state index contributed by atoms with van der Waals surface area (Å²) in [5, 5.41) is 4.57. The molecular formula is C15H19N3. The van der Waals surface area contributed by atoms with Crippen LogP contribution in [-0.2, 0) is 6.54 Å². The molecule has 18 heavy (non-hydrogen) atoms. The van der Waals surface area contributed by atoms with Crippen molar-refractivity contribution in [2.45, 2.75) is 32.9 Å². The number of para-hydroxylation sites is 1. The fraction of sp³-hybridized carbons (Fsp3) is 0.400. The van der Waals surface area contributed by atoms with E-state index in [4.69, 9.17) is 5.73 Å². The van der Waals surface area contributed by atoms with Crippen LogP contribution in [0.5, 0.6) is 0 Å². The average molecular weight is 241 g/mol. The number of pyridine rings is 1. The zero-order chi connectivity index (χ0) is 12.8. The molecule has 1 atom stereocenters. The van der Waals surface area contributed by atoms with E-state index in [1.807, 2.05) is 30.3 Å². The van der Waals surface area contributed by atoms with Gasteiger partial charge in [0.1, 0.15) is 0 Å². The SMILES string of the molecule is CC1(C)CC1NCc1cc(N)c2ccccc2n1. The fourth-order valence-electron chi connectivity index (χ4n) is 2.39. The van der Waals surface area contributed by atoms with Crippen molar-refractivity contribution in [2.75, 3.05) is 5.73 Å². The number of nitrogens with zero attached hydrogens (tertiary/aromatic N) is 1. The molecule has 0 bridgehead atoms. The number of rotatable bonds is 3. The van der Waals surface area contributed by atoms with Crippen molar-refractivity contribution < 1.29 is 0 Å². The Labute approximate surface area is 107 Å². The van der Waals surface area contributed by atoms with E-state index < -0.39 is 0 Å². The van der Waals surface area contributed by atoms with Crippen LogP contribution in [0.4, 0.5) is 5.69 Å². The van der Waals surface area contributed by atoms with E-state index in [1.165, 1.54) is 6.42 Å². The number of hydrogen-bond acceptors (Lipinski definition) is 3. The third kappa shape index (κ3) is 2.06. The molecule has 3 N–H and O–H groups in total. The van der Waals surface area contributed by atoms with Crippen LogP contribution in [0.25, 0.3) is 10.9 Å². The lowest BCUT2D eigenvalue weighted by Gasteiger charge is -2.08. The summed E-state index contributed by atoms with van der Waals surface area (Å²) in [6.45, 7) is 5.36.